The maximum atomic E-state index is 11.7. The number of amides is 1. The zero-order chi connectivity index (χ0) is 11.3. The molecule has 3 nitrogen and oxygen atoms in total. The van der Waals surface area contributed by atoms with E-state index in [1.165, 1.54) is 0 Å². The quantitative estimate of drug-likeness (QED) is 0.630. The lowest BCUT2D eigenvalue weighted by Gasteiger charge is -2.27. The van der Waals surface area contributed by atoms with Crippen molar-refractivity contribution < 1.29 is 9.59 Å². The third-order valence-corrected chi connectivity index (χ3v) is 3.07. The second kappa shape index (κ2) is 5.89. The maximum absolute atomic E-state index is 11.7. The Labute approximate surface area is 91.8 Å². The van der Waals surface area contributed by atoms with Crippen LogP contribution in [0.15, 0.2) is 0 Å². The molecular weight excluding hydrogens is 190 g/mol. The smallest absolute Gasteiger partial charge is 0.223 e. The van der Waals surface area contributed by atoms with E-state index in [9.17, 15) is 9.59 Å². The summed E-state index contributed by atoms with van der Waals surface area (Å²) in [6.45, 7) is 4.92. The Morgan fingerprint density at radius 1 is 1.40 bits per heavy atom. The molecule has 1 aliphatic heterocycles. The Kier molecular flexibility index (Phi) is 4.79. The first-order valence-electron chi connectivity index (χ1n) is 5.97. The highest BCUT2D eigenvalue weighted by Crippen LogP contribution is 2.23. The monoisotopic (exact) mass is 211 g/mol. The fraction of sp³-hybridized carbons (Fsp3) is 0.833. The molecule has 1 aliphatic rings. The molecule has 86 valence electrons. The van der Waals surface area contributed by atoms with Crippen molar-refractivity contribution in [3.8, 4) is 0 Å². The molecule has 0 aromatic heterocycles. The van der Waals surface area contributed by atoms with E-state index in [4.69, 9.17) is 0 Å². The molecule has 1 atom stereocenters. The van der Waals surface area contributed by atoms with Gasteiger partial charge in [0, 0.05) is 24.9 Å². The molecule has 15 heavy (non-hydrogen) atoms. The Morgan fingerprint density at radius 2 is 2.00 bits per heavy atom. The van der Waals surface area contributed by atoms with Gasteiger partial charge in [-0.25, -0.2) is 0 Å². The summed E-state index contributed by atoms with van der Waals surface area (Å²) in [4.78, 5) is 24.3. The van der Waals surface area contributed by atoms with Gasteiger partial charge >= 0.3 is 0 Å². The van der Waals surface area contributed by atoms with E-state index in [1.54, 1.807) is 0 Å². The van der Waals surface area contributed by atoms with Gasteiger partial charge in [-0.3, -0.25) is 4.79 Å². The third-order valence-electron chi connectivity index (χ3n) is 3.07. The number of nitrogens with zero attached hydrogens (tertiary/aromatic N) is 1. The van der Waals surface area contributed by atoms with Crippen LogP contribution in [0.25, 0.3) is 0 Å². The van der Waals surface area contributed by atoms with Gasteiger partial charge in [0.25, 0.3) is 0 Å². The van der Waals surface area contributed by atoms with Crippen molar-refractivity contribution in [1.29, 1.82) is 0 Å². The van der Waals surface area contributed by atoms with Gasteiger partial charge < -0.3 is 9.69 Å². The predicted octanol–water partition coefficient (Wildman–Crippen LogP) is 2.00. The number of carbonyl (C=O) groups is 2. The van der Waals surface area contributed by atoms with Crippen LogP contribution in [0, 0.1) is 5.92 Å². The van der Waals surface area contributed by atoms with Crippen LogP contribution in [0.2, 0.25) is 0 Å². The largest absolute Gasteiger partial charge is 0.339 e. The lowest BCUT2D eigenvalue weighted by Crippen LogP contribution is -2.36. The topological polar surface area (TPSA) is 37.4 Å². The number of rotatable bonds is 6. The van der Waals surface area contributed by atoms with E-state index in [-0.39, 0.29) is 11.8 Å². The first-order valence-corrected chi connectivity index (χ1v) is 5.97. The van der Waals surface area contributed by atoms with E-state index in [0.29, 0.717) is 19.0 Å². The van der Waals surface area contributed by atoms with Crippen molar-refractivity contribution in [2.24, 2.45) is 5.92 Å². The van der Waals surface area contributed by atoms with E-state index in [0.717, 1.165) is 32.0 Å². The molecule has 1 saturated heterocycles. The lowest BCUT2D eigenvalue weighted by atomic mass is 10.1. The summed E-state index contributed by atoms with van der Waals surface area (Å²) in [6.07, 6.45) is 5.66. The summed E-state index contributed by atoms with van der Waals surface area (Å²) in [5.41, 5.74) is 0. The van der Waals surface area contributed by atoms with Crippen LogP contribution in [-0.2, 0) is 9.59 Å². The fourth-order valence-corrected chi connectivity index (χ4v) is 2.33. The number of aldehydes is 1. The minimum absolute atomic E-state index is 0.0614. The van der Waals surface area contributed by atoms with Crippen molar-refractivity contribution in [3.05, 3.63) is 0 Å². The average molecular weight is 211 g/mol. The molecule has 0 aliphatic carbocycles. The number of likely N-dealkylation sites (tertiary alicyclic amines) is 1. The second-order valence-electron chi connectivity index (χ2n) is 4.38. The Hall–Kier alpha value is -0.860. The van der Waals surface area contributed by atoms with Crippen molar-refractivity contribution >= 4 is 12.2 Å². The molecule has 1 rings (SSSR count). The number of hydrogen-bond acceptors (Lipinski definition) is 2. The molecule has 0 spiro atoms. The highest BCUT2D eigenvalue weighted by Gasteiger charge is 2.33. The summed E-state index contributed by atoms with van der Waals surface area (Å²) in [7, 11) is 0. The van der Waals surface area contributed by atoms with E-state index >= 15 is 0 Å². The van der Waals surface area contributed by atoms with Crippen LogP contribution >= 0.6 is 0 Å². The summed E-state index contributed by atoms with van der Waals surface area (Å²) >= 11 is 0. The SMILES string of the molecule is CCCC(CCC)N1CC(C=O)CC1=O. The molecule has 1 fully saturated rings. The molecule has 1 heterocycles. The molecular formula is C12H21NO2. The van der Waals surface area contributed by atoms with E-state index in [2.05, 4.69) is 13.8 Å². The molecule has 0 aromatic rings. The molecule has 0 radical (unpaired) electrons. The summed E-state index contributed by atoms with van der Waals surface area (Å²) < 4.78 is 0. The maximum Gasteiger partial charge on any atom is 0.223 e. The Morgan fingerprint density at radius 3 is 2.40 bits per heavy atom. The molecule has 0 saturated carbocycles. The third kappa shape index (κ3) is 3.05. The van der Waals surface area contributed by atoms with Crippen LogP contribution in [0.4, 0.5) is 0 Å². The zero-order valence-electron chi connectivity index (χ0n) is 9.74. The zero-order valence-corrected chi connectivity index (χ0v) is 9.74. The van der Waals surface area contributed by atoms with Gasteiger partial charge in [-0.15, -0.1) is 0 Å². The first kappa shape index (κ1) is 12.2. The van der Waals surface area contributed by atoms with Crippen molar-refractivity contribution in [3.63, 3.8) is 0 Å². The normalized spacial score (nSPS) is 21.4. The van der Waals surface area contributed by atoms with Crippen molar-refractivity contribution in [1.82, 2.24) is 4.90 Å². The fourth-order valence-electron chi connectivity index (χ4n) is 2.33. The lowest BCUT2D eigenvalue weighted by molar-refractivity contribution is -0.130. The van der Waals surface area contributed by atoms with E-state index < -0.39 is 0 Å². The van der Waals surface area contributed by atoms with E-state index in [1.807, 2.05) is 4.90 Å². The van der Waals surface area contributed by atoms with Gasteiger partial charge in [0.1, 0.15) is 6.29 Å². The second-order valence-corrected chi connectivity index (χ2v) is 4.38. The predicted molar refractivity (Wildman–Crippen MR) is 59.5 cm³/mol. The van der Waals surface area contributed by atoms with Gasteiger partial charge in [-0.2, -0.15) is 0 Å². The van der Waals surface area contributed by atoms with Crippen LogP contribution in [0.3, 0.4) is 0 Å². The van der Waals surface area contributed by atoms with Gasteiger partial charge in [-0.05, 0) is 12.8 Å². The van der Waals surface area contributed by atoms with Gasteiger partial charge in [0.15, 0.2) is 0 Å². The minimum Gasteiger partial charge on any atom is -0.339 e. The average Bonchev–Trinajstić information content (AvgIpc) is 2.59. The van der Waals surface area contributed by atoms with Gasteiger partial charge in [-0.1, -0.05) is 26.7 Å². The van der Waals surface area contributed by atoms with Crippen LogP contribution < -0.4 is 0 Å². The summed E-state index contributed by atoms with van der Waals surface area (Å²) in [5.74, 6) is 0.104. The standard InChI is InChI=1S/C12H21NO2/c1-3-5-11(6-4-2)13-8-10(9-14)7-12(13)15/h9-11H,3-8H2,1-2H3. The van der Waals surface area contributed by atoms with Crippen LogP contribution in [0.5, 0.6) is 0 Å². The van der Waals surface area contributed by atoms with Crippen molar-refractivity contribution in [2.75, 3.05) is 6.54 Å². The highest BCUT2D eigenvalue weighted by atomic mass is 16.2. The number of hydrogen-bond donors (Lipinski definition) is 0. The molecule has 0 aromatic carbocycles. The Balaban J connectivity index is 2.58. The first-order chi connectivity index (χ1) is 7.22. The molecule has 0 bridgehead atoms. The Bertz CT molecular complexity index is 222. The van der Waals surface area contributed by atoms with Gasteiger partial charge in [0.2, 0.25) is 5.91 Å². The summed E-state index contributed by atoms with van der Waals surface area (Å²) in [6, 6.07) is 0.359. The van der Waals surface area contributed by atoms with Gasteiger partial charge in [0.05, 0.1) is 0 Å². The minimum atomic E-state index is -0.0614. The van der Waals surface area contributed by atoms with Crippen LogP contribution in [0.1, 0.15) is 46.0 Å². The molecule has 0 N–H and O–H groups in total. The highest BCUT2D eigenvalue weighted by molar-refractivity contribution is 5.82. The summed E-state index contributed by atoms with van der Waals surface area (Å²) in [5, 5.41) is 0. The van der Waals surface area contributed by atoms with Crippen LogP contribution in [-0.4, -0.2) is 29.7 Å². The van der Waals surface area contributed by atoms with Crippen molar-refractivity contribution in [2.45, 2.75) is 52.0 Å². The molecule has 1 amide bonds. The molecule has 1 unspecified atom stereocenters. The number of carbonyl (C=O) groups excluding carboxylic acids is 2. The molecule has 3 heteroatoms.